The van der Waals surface area contributed by atoms with Crippen molar-refractivity contribution in [1.29, 1.82) is 0 Å². The Bertz CT molecular complexity index is 830. The fourth-order valence-corrected chi connectivity index (χ4v) is 2.33. The lowest BCUT2D eigenvalue weighted by atomic mass is 10.2. The highest BCUT2D eigenvalue weighted by atomic mass is 19.3. The van der Waals surface area contributed by atoms with E-state index in [1.165, 1.54) is 0 Å². The molecule has 3 aromatic rings. The number of halogens is 2. The van der Waals surface area contributed by atoms with Crippen LogP contribution in [-0.4, -0.2) is 25.9 Å². The molecule has 126 valence electrons. The topological polar surface area (TPSA) is 67.1 Å². The quantitative estimate of drug-likeness (QED) is 0.723. The van der Waals surface area contributed by atoms with Crippen molar-refractivity contribution in [2.75, 3.05) is 10.6 Å². The van der Waals surface area contributed by atoms with Crippen LogP contribution in [-0.2, 0) is 6.54 Å². The number of hydrogen-bond acceptors (Lipinski definition) is 5. The standard InChI is InChI=1S/C16H18F2N6/c1-10(2)20-12-5-3-4-11(8-12)9-19-13-6-7-14-21-22-16(15(17)18)24(14)23-13/h3-8,10,15,20H,9H2,1-2H3,(H,19,23). The molecule has 0 aliphatic carbocycles. The molecule has 0 spiro atoms. The van der Waals surface area contributed by atoms with Gasteiger partial charge in [-0.05, 0) is 43.7 Å². The second kappa shape index (κ2) is 6.77. The number of hydrogen-bond donors (Lipinski definition) is 2. The Morgan fingerprint density at radius 1 is 1.12 bits per heavy atom. The van der Waals surface area contributed by atoms with E-state index in [0.717, 1.165) is 15.8 Å². The van der Waals surface area contributed by atoms with Gasteiger partial charge in [-0.15, -0.1) is 15.3 Å². The predicted octanol–water partition coefficient (Wildman–Crippen LogP) is 3.49. The van der Waals surface area contributed by atoms with Crippen LogP contribution in [0.25, 0.3) is 5.65 Å². The molecule has 0 amide bonds. The Morgan fingerprint density at radius 2 is 1.96 bits per heavy atom. The molecule has 1 aromatic carbocycles. The minimum atomic E-state index is -2.72. The van der Waals surface area contributed by atoms with Crippen molar-refractivity contribution in [3.63, 3.8) is 0 Å². The van der Waals surface area contributed by atoms with Gasteiger partial charge in [0.1, 0.15) is 5.82 Å². The van der Waals surface area contributed by atoms with Crippen LogP contribution >= 0.6 is 0 Å². The van der Waals surface area contributed by atoms with E-state index in [0.29, 0.717) is 24.1 Å². The highest BCUT2D eigenvalue weighted by Crippen LogP contribution is 2.18. The molecule has 0 saturated heterocycles. The van der Waals surface area contributed by atoms with E-state index in [-0.39, 0.29) is 0 Å². The van der Waals surface area contributed by atoms with Gasteiger partial charge in [-0.1, -0.05) is 12.1 Å². The van der Waals surface area contributed by atoms with Gasteiger partial charge in [0.2, 0.25) is 5.82 Å². The molecule has 0 unspecified atom stereocenters. The van der Waals surface area contributed by atoms with Gasteiger partial charge in [0, 0.05) is 18.3 Å². The molecule has 0 fully saturated rings. The summed E-state index contributed by atoms with van der Waals surface area (Å²) >= 11 is 0. The van der Waals surface area contributed by atoms with Crippen LogP contribution < -0.4 is 10.6 Å². The van der Waals surface area contributed by atoms with Crippen molar-refractivity contribution in [2.24, 2.45) is 0 Å². The first-order valence-electron chi connectivity index (χ1n) is 7.63. The third-order valence-corrected chi connectivity index (χ3v) is 3.34. The maximum atomic E-state index is 12.9. The summed E-state index contributed by atoms with van der Waals surface area (Å²) in [6.45, 7) is 4.67. The number of nitrogens with zero attached hydrogens (tertiary/aromatic N) is 4. The van der Waals surface area contributed by atoms with Crippen LogP contribution in [0.15, 0.2) is 36.4 Å². The van der Waals surface area contributed by atoms with Gasteiger partial charge in [-0.25, -0.2) is 8.78 Å². The Morgan fingerprint density at radius 3 is 2.71 bits per heavy atom. The first-order valence-corrected chi connectivity index (χ1v) is 7.63. The van der Waals surface area contributed by atoms with Crippen molar-refractivity contribution in [3.8, 4) is 0 Å². The lowest BCUT2D eigenvalue weighted by Crippen LogP contribution is -2.10. The molecule has 6 nitrogen and oxygen atoms in total. The van der Waals surface area contributed by atoms with E-state index in [1.807, 2.05) is 24.3 Å². The Balaban J connectivity index is 1.74. The summed E-state index contributed by atoms with van der Waals surface area (Å²) in [5.41, 5.74) is 2.38. The third-order valence-electron chi connectivity index (χ3n) is 3.34. The number of nitrogens with one attached hydrogen (secondary N) is 2. The van der Waals surface area contributed by atoms with Crippen LogP contribution in [0.2, 0.25) is 0 Å². The van der Waals surface area contributed by atoms with E-state index in [4.69, 9.17) is 0 Å². The van der Waals surface area contributed by atoms with Gasteiger partial charge >= 0.3 is 0 Å². The maximum absolute atomic E-state index is 12.9. The number of anilines is 2. The average molecular weight is 332 g/mol. The summed E-state index contributed by atoms with van der Waals surface area (Å²) < 4.78 is 26.8. The molecule has 8 heteroatoms. The average Bonchev–Trinajstić information content (AvgIpc) is 2.96. The molecular weight excluding hydrogens is 314 g/mol. The minimum absolute atomic E-state index is 0.291. The Labute approximate surface area is 137 Å². The number of rotatable bonds is 6. The molecule has 2 aromatic heterocycles. The number of alkyl halides is 2. The van der Waals surface area contributed by atoms with Gasteiger partial charge in [0.25, 0.3) is 6.43 Å². The van der Waals surface area contributed by atoms with E-state index < -0.39 is 12.2 Å². The monoisotopic (exact) mass is 332 g/mol. The second-order valence-corrected chi connectivity index (χ2v) is 5.70. The van der Waals surface area contributed by atoms with Crippen molar-refractivity contribution in [1.82, 2.24) is 19.8 Å². The molecule has 0 aliphatic heterocycles. The second-order valence-electron chi connectivity index (χ2n) is 5.70. The van der Waals surface area contributed by atoms with Crippen LogP contribution in [0.3, 0.4) is 0 Å². The third kappa shape index (κ3) is 3.58. The zero-order chi connectivity index (χ0) is 17.1. The zero-order valence-electron chi connectivity index (χ0n) is 13.4. The molecular formula is C16H18F2N6. The van der Waals surface area contributed by atoms with E-state index >= 15 is 0 Å². The molecule has 0 radical (unpaired) electrons. The lowest BCUT2D eigenvalue weighted by molar-refractivity contribution is 0.137. The summed E-state index contributed by atoms with van der Waals surface area (Å²) in [5, 5.41) is 17.7. The first-order chi connectivity index (χ1) is 11.5. The van der Waals surface area contributed by atoms with E-state index in [2.05, 4.69) is 39.8 Å². The molecule has 3 rings (SSSR count). The summed E-state index contributed by atoms with van der Waals surface area (Å²) in [7, 11) is 0. The zero-order valence-corrected chi connectivity index (χ0v) is 13.4. The molecule has 24 heavy (non-hydrogen) atoms. The molecule has 2 heterocycles. The number of aromatic nitrogens is 4. The Hall–Kier alpha value is -2.77. The summed E-state index contributed by atoms with van der Waals surface area (Å²) in [5.74, 6) is 0.0169. The smallest absolute Gasteiger partial charge is 0.299 e. The van der Waals surface area contributed by atoms with E-state index in [1.54, 1.807) is 12.1 Å². The minimum Gasteiger partial charge on any atom is -0.383 e. The first kappa shape index (κ1) is 16.1. The van der Waals surface area contributed by atoms with Gasteiger partial charge in [-0.3, -0.25) is 0 Å². The fourth-order valence-electron chi connectivity index (χ4n) is 2.33. The molecule has 0 bridgehead atoms. The normalized spacial score (nSPS) is 11.4. The fraction of sp³-hybridized carbons (Fsp3) is 0.312. The Kier molecular flexibility index (Phi) is 4.54. The predicted molar refractivity (Wildman–Crippen MR) is 88.3 cm³/mol. The molecule has 0 atom stereocenters. The molecule has 0 saturated carbocycles. The van der Waals surface area contributed by atoms with Crippen LogP contribution in [0, 0.1) is 0 Å². The lowest BCUT2D eigenvalue weighted by Gasteiger charge is -2.12. The van der Waals surface area contributed by atoms with Crippen molar-refractivity contribution < 1.29 is 8.78 Å². The highest BCUT2D eigenvalue weighted by Gasteiger charge is 2.16. The van der Waals surface area contributed by atoms with Gasteiger partial charge in [0.15, 0.2) is 5.65 Å². The van der Waals surface area contributed by atoms with Crippen molar-refractivity contribution >= 4 is 17.2 Å². The van der Waals surface area contributed by atoms with Crippen LogP contribution in [0.4, 0.5) is 20.3 Å². The van der Waals surface area contributed by atoms with Gasteiger partial charge < -0.3 is 10.6 Å². The largest absolute Gasteiger partial charge is 0.383 e. The summed E-state index contributed by atoms with van der Waals surface area (Å²) in [4.78, 5) is 0. The van der Waals surface area contributed by atoms with Crippen LogP contribution in [0.1, 0.15) is 31.7 Å². The molecule has 2 N–H and O–H groups in total. The van der Waals surface area contributed by atoms with Gasteiger partial charge in [0.05, 0.1) is 0 Å². The maximum Gasteiger partial charge on any atom is 0.299 e. The highest BCUT2D eigenvalue weighted by molar-refractivity contribution is 5.48. The van der Waals surface area contributed by atoms with Gasteiger partial charge in [-0.2, -0.15) is 4.52 Å². The SMILES string of the molecule is CC(C)Nc1cccc(CNc2ccc3nnc(C(F)F)n3n2)c1. The number of fused-ring (bicyclic) bond motifs is 1. The van der Waals surface area contributed by atoms with Crippen molar-refractivity contribution in [3.05, 3.63) is 47.8 Å². The van der Waals surface area contributed by atoms with Crippen LogP contribution in [0.5, 0.6) is 0 Å². The molecule has 0 aliphatic rings. The number of benzene rings is 1. The summed E-state index contributed by atoms with van der Waals surface area (Å²) in [6.07, 6.45) is -2.72. The van der Waals surface area contributed by atoms with E-state index in [9.17, 15) is 8.78 Å². The summed E-state index contributed by atoms with van der Waals surface area (Å²) in [6, 6.07) is 11.6. The van der Waals surface area contributed by atoms with Crippen molar-refractivity contribution in [2.45, 2.75) is 32.9 Å².